The van der Waals surface area contributed by atoms with Gasteiger partial charge in [0.2, 0.25) is 15.9 Å². The fraction of sp³-hybridized carbons (Fsp3) is 0.650. The summed E-state index contributed by atoms with van der Waals surface area (Å²) in [7, 11) is -3.49. The van der Waals surface area contributed by atoms with E-state index in [0.29, 0.717) is 36.7 Å². The highest BCUT2D eigenvalue weighted by molar-refractivity contribution is 7.89. The van der Waals surface area contributed by atoms with Gasteiger partial charge in [0.25, 0.3) is 0 Å². The Labute approximate surface area is 163 Å². The molecule has 1 amide bonds. The van der Waals surface area contributed by atoms with Crippen molar-refractivity contribution in [3.8, 4) is 0 Å². The summed E-state index contributed by atoms with van der Waals surface area (Å²) in [5.74, 6) is 0.485. The summed E-state index contributed by atoms with van der Waals surface area (Å²) in [5.41, 5.74) is 1.13. The van der Waals surface area contributed by atoms with Gasteiger partial charge in [0.05, 0.1) is 4.90 Å². The summed E-state index contributed by atoms with van der Waals surface area (Å²) < 4.78 is 27.4. The van der Waals surface area contributed by atoms with Crippen LogP contribution < -0.4 is 5.32 Å². The average molecular weight is 394 g/mol. The number of hydrogen-bond donors (Lipinski definition) is 1. The second-order valence-corrected chi connectivity index (χ2v) is 9.92. The number of nitrogens with zero attached hydrogens (tertiary/aromatic N) is 2. The largest absolute Gasteiger partial charge is 0.337 e. The predicted molar refractivity (Wildman–Crippen MR) is 106 cm³/mol. The van der Waals surface area contributed by atoms with Crippen molar-refractivity contribution >= 4 is 15.9 Å². The Balaban J connectivity index is 1.63. The first-order valence-corrected chi connectivity index (χ1v) is 11.4. The first kappa shape index (κ1) is 20.3. The number of hydrogen-bond acceptors (Lipinski definition) is 4. The number of piperazine rings is 1. The van der Waals surface area contributed by atoms with E-state index < -0.39 is 10.0 Å². The SMILES string of the molecule is CC(C)c1ccc(S(=O)(=O)N2CCC(C(=O)N3CCNCC3C)CC2)cc1. The van der Waals surface area contributed by atoms with Crippen LogP contribution in [0.2, 0.25) is 0 Å². The van der Waals surface area contributed by atoms with Gasteiger partial charge in [-0.3, -0.25) is 4.79 Å². The van der Waals surface area contributed by atoms with Crippen molar-refractivity contribution in [3.05, 3.63) is 29.8 Å². The van der Waals surface area contributed by atoms with Gasteiger partial charge in [0.1, 0.15) is 0 Å². The number of benzene rings is 1. The minimum absolute atomic E-state index is 0.0692. The van der Waals surface area contributed by atoms with E-state index in [1.165, 1.54) is 4.31 Å². The van der Waals surface area contributed by atoms with Gasteiger partial charge in [0, 0.05) is 44.7 Å². The Hall–Kier alpha value is -1.44. The molecule has 27 heavy (non-hydrogen) atoms. The van der Waals surface area contributed by atoms with E-state index in [2.05, 4.69) is 26.1 Å². The van der Waals surface area contributed by atoms with Crippen LogP contribution in [-0.4, -0.2) is 62.3 Å². The molecule has 0 aliphatic carbocycles. The first-order valence-electron chi connectivity index (χ1n) is 9.92. The van der Waals surface area contributed by atoms with Gasteiger partial charge in [-0.1, -0.05) is 26.0 Å². The summed E-state index contributed by atoms with van der Waals surface area (Å²) in [6.07, 6.45) is 1.19. The molecule has 1 aromatic carbocycles. The molecule has 1 aromatic rings. The second-order valence-electron chi connectivity index (χ2n) is 7.99. The van der Waals surface area contributed by atoms with Gasteiger partial charge in [-0.05, 0) is 43.4 Å². The van der Waals surface area contributed by atoms with E-state index in [9.17, 15) is 13.2 Å². The van der Waals surface area contributed by atoms with Crippen LogP contribution in [-0.2, 0) is 14.8 Å². The molecule has 2 aliphatic rings. The van der Waals surface area contributed by atoms with Crippen LogP contribution in [0.25, 0.3) is 0 Å². The Morgan fingerprint density at radius 1 is 1.11 bits per heavy atom. The number of nitrogens with one attached hydrogen (secondary N) is 1. The van der Waals surface area contributed by atoms with Crippen LogP contribution in [0.15, 0.2) is 29.2 Å². The maximum atomic E-state index is 12.9. The normalized spacial score (nSPS) is 23.0. The lowest BCUT2D eigenvalue weighted by Gasteiger charge is -2.38. The summed E-state index contributed by atoms with van der Waals surface area (Å²) >= 11 is 0. The molecule has 2 aliphatic heterocycles. The Morgan fingerprint density at radius 3 is 2.30 bits per heavy atom. The fourth-order valence-corrected chi connectivity index (χ4v) is 5.39. The average Bonchev–Trinajstić information content (AvgIpc) is 2.68. The molecule has 7 heteroatoms. The molecule has 150 valence electrons. The predicted octanol–water partition coefficient (Wildman–Crippen LogP) is 2.03. The maximum absolute atomic E-state index is 12.9. The quantitative estimate of drug-likeness (QED) is 0.850. The van der Waals surface area contributed by atoms with Crippen LogP contribution in [0.5, 0.6) is 0 Å². The highest BCUT2D eigenvalue weighted by atomic mass is 32.2. The van der Waals surface area contributed by atoms with Gasteiger partial charge in [0.15, 0.2) is 0 Å². The van der Waals surface area contributed by atoms with Gasteiger partial charge in [-0.2, -0.15) is 4.31 Å². The van der Waals surface area contributed by atoms with Crippen LogP contribution in [0.4, 0.5) is 0 Å². The molecular weight excluding hydrogens is 362 g/mol. The van der Waals surface area contributed by atoms with E-state index in [0.717, 1.165) is 25.2 Å². The maximum Gasteiger partial charge on any atom is 0.243 e. The Kier molecular flexibility index (Phi) is 6.23. The van der Waals surface area contributed by atoms with Crippen LogP contribution in [0.3, 0.4) is 0 Å². The van der Waals surface area contributed by atoms with E-state index in [-0.39, 0.29) is 17.9 Å². The molecule has 2 saturated heterocycles. The number of carbonyl (C=O) groups is 1. The highest BCUT2D eigenvalue weighted by Gasteiger charge is 2.35. The van der Waals surface area contributed by atoms with Crippen molar-refractivity contribution in [2.75, 3.05) is 32.7 Å². The van der Waals surface area contributed by atoms with Crippen molar-refractivity contribution in [3.63, 3.8) is 0 Å². The molecular formula is C20H31N3O3S. The van der Waals surface area contributed by atoms with Crippen molar-refractivity contribution in [2.24, 2.45) is 5.92 Å². The summed E-state index contributed by atoms with van der Waals surface area (Å²) in [4.78, 5) is 15.1. The van der Waals surface area contributed by atoms with Crippen LogP contribution in [0, 0.1) is 5.92 Å². The summed E-state index contributed by atoms with van der Waals surface area (Å²) in [6.45, 7) is 9.44. The van der Waals surface area contributed by atoms with Crippen molar-refractivity contribution in [1.82, 2.24) is 14.5 Å². The van der Waals surface area contributed by atoms with Gasteiger partial charge in [-0.15, -0.1) is 0 Å². The molecule has 3 rings (SSSR count). The van der Waals surface area contributed by atoms with Crippen LogP contribution in [0.1, 0.15) is 45.1 Å². The third-order valence-corrected chi connectivity index (χ3v) is 7.68. The minimum atomic E-state index is -3.49. The molecule has 0 aromatic heterocycles. The van der Waals surface area contributed by atoms with Gasteiger partial charge >= 0.3 is 0 Å². The minimum Gasteiger partial charge on any atom is -0.337 e. The van der Waals surface area contributed by atoms with E-state index in [1.54, 1.807) is 12.1 Å². The van der Waals surface area contributed by atoms with Crippen molar-refractivity contribution in [1.29, 1.82) is 0 Å². The summed E-state index contributed by atoms with van der Waals surface area (Å²) in [5, 5.41) is 3.30. The molecule has 0 bridgehead atoms. The number of carbonyl (C=O) groups excluding carboxylic acids is 1. The van der Waals surface area contributed by atoms with E-state index in [4.69, 9.17) is 0 Å². The smallest absolute Gasteiger partial charge is 0.243 e. The number of piperidine rings is 1. The second kappa shape index (κ2) is 8.29. The standard InChI is InChI=1S/C20H31N3O3S/c1-15(2)17-4-6-19(7-5-17)27(25,26)22-11-8-18(9-12-22)20(24)23-13-10-21-14-16(23)3/h4-7,15-16,18,21H,8-14H2,1-3H3. The van der Waals surface area contributed by atoms with E-state index in [1.807, 2.05) is 17.0 Å². The third-order valence-electron chi connectivity index (χ3n) is 5.77. The zero-order valence-electron chi connectivity index (χ0n) is 16.5. The lowest BCUT2D eigenvalue weighted by atomic mass is 9.95. The molecule has 0 spiro atoms. The molecule has 2 fully saturated rings. The summed E-state index contributed by atoms with van der Waals surface area (Å²) in [6, 6.07) is 7.38. The Bertz CT molecular complexity index is 753. The van der Waals surface area contributed by atoms with Gasteiger partial charge in [-0.25, -0.2) is 8.42 Å². The zero-order valence-corrected chi connectivity index (χ0v) is 17.3. The molecule has 6 nitrogen and oxygen atoms in total. The van der Waals surface area contributed by atoms with Crippen molar-refractivity contribution < 1.29 is 13.2 Å². The lowest BCUT2D eigenvalue weighted by molar-refractivity contribution is -0.139. The topological polar surface area (TPSA) is 69.7 Å². The number of amides is 1. The zero-order chi connectivity index (χ0) is 19.6. The molecule has 1 atom stereocenters. The van der Waals surface area contributed by atoms with Crippen molar-refractivity contribution in [2.45, 2.75) is 50.5 Å². The molecule has 0 saturated carbocycles. The monoisotopic (exact) mass is 393 g/mol. The van der Waals surface area contributed by atoms with Gasteiger partial charge < -0.3 is 10.2 Å². The van der Waals surface area contributed by atoms with E-state index >= 15 is 0 Å². The third kappa shape index (κ3) is 4.36. The first-order chi connectivity index (χ1) is 12.8. The highest BCUT2D eigenvalue weighted by Crippen LogP contribution is 2.27. The fourth-order valence-electron chi connectivity index (χ4n) is 3.92. The Morgan fingerprint density at radius 2 is 1.74 bits per heavy atom. The molecule has 0 radical (unpaired) electrons. The molecule has 1 N–H and O–H groups in total. The number of sulfonamides is 1. The lowest BCUT2D eigenvalue weighted by Crippen LogP contribution is -2.55. The number of rotatable bonds is 4. The molecule has 1 unspecified atom stereocenters. The van der Waals surface area contributed by atoms with Crippen LogP contribution >= 0.6 is 0 Å². The molecule has 2 heterocycles.